The van der Waals surface area contributed by atoms with Gasteiger partial charge in [0.1, 0.15) is 0 Å². The minimum absolute atomic E-state index is 0. The molecular formula is C22H44IN5O. The minimum atomic E-state index is 0. The molecule has 0 aromatic rings. The Kier molecular flexibility index (Phi) is 11.0. The second-order valence-corrected chi connectivity index (χ2v) is 9.26. The molecule has 3 rings (SSSR count). The number of hydrogen-bond acceptors (Lipinski definition) is 4. The summed E-state index contributed by atoms with van der Waals surface area (Å²) in [5.41, 5.74) is 0. The van der Waals surface area contributed by atoms with Crippen LogP contribution < -0.4 is 5.32 Å². The molecule has 1 N–H and O–H groups in total. The van der Waals surface area contributed by atoms with E-state index >= 15 is 0 Å². The molecule has 2 atom stereocenters. The first kappa shape index (κ1) is 25.1. The monoisotopic (exact) mass is 521 g/mol. The van der Waals surface area contributed by atoms with Gasteiger partial charge in [-0.25, -0.2) is 0 Å². The first-order valence-electron chi connectivity index (χ1n) is 11.7. The largest absolute Gasteiger partial charge is 0.379 e. The van der Waals surface area contributed by atoms with Crippen LogP contribution in [0.5, 0.6) is 0 Å². The summed E-state index contributed by atoms with van der Waals surface area (Å²) in [4.78, 5) is 12.9. The van der Waals surface area contributed by atoms with Gasteiger partial charge in [-0.05, 0) is 51.1 Å². The van der Waals surface area contributed by atoms with E-state index in [1.54, 1.807) is 0 Å². The molecule has 0 bridgehead atoms. The van der Waals surface area contributed by atoms with Crippen LogP contribution in [0, 0.1) is 11.8 Å². The van der Waals surface area contributed by atoms with Crippen molar-refractivity contribution in [1.29, 1.82) is 0 Å². The smallest absolute Gasteiger partial charge is 0.194 e. The van der Waals surface area contributed by atoms with Crippen molar-refractivity contribution < 1.29 is 4.74 Å². The van der Waals surface area contributed by atoms with E-state index in [4.69, 9.17) is 9.73 Å². The average molecular weight is 522 g/mol. The van der Waals surface area contributed by atoms with Crippen LogP contribution in [0.15, 0.2) is 4.99 Å². The Morgan fingerprint density at radius 1 is 1.07 bits per heavy atom. The zero-order valence-electron chi connectivity index (χ0n) is 19.1. The number of hydrogen-bond donors (Lipinski definition) is 1. The van der Waals surface area contributed by atoms with E-state index in [2.05, 4.69) is 47.7 Å². The van der Waals surface area contributed by atoms with Crippen molar-refractivity contribution in [2.24, 2.45) is 16.8 Å². The molecule has 0 saturated carbocycles. The highest BCUT2D eigenvalue weighted by Crippen LogP contribution is 2.22. The van der Waals surface area contributed by atoms with Crippen LogP contribution >= 0.6 is 24.0 Å². The van der Waals surface area contributed by atoms with E-state index in [0.29, 0.717) is 18.0 Å². The molecule has 170 valence electrons. The second-order valence-electron chi connectivity index (χ2n) is 9.26. The molecule has 0 amide bonds. The molecule has 3 heterocycles. The van der Waals surface area contributed by atoms with Crippen molar-refractivity contribution in [3.8, 4) is 0 Å². The Labute approximate surface area is 195 Å². The van der Waals surface area contributed by atoms with Gasteiger partial charge in [0, 0.05) is 44.8 Å². The number of aliphatic imine (C=N–C) groups is 1. The molecule has 3 saturated heterocycles. The van der Waals surface area contributed by atoms with Crippen molar-refractivity contribution in [3.63, 3.8) is 0 Å². The van der Waals surface area contributed by atoms with Gasteiger partial charge in [-0.2, -0.15) is 0 Å². The van der Waals surface area contributed by atoms with Crippen molar-refractivity contribution in [1.82, 2.24) is 20.0 Å². The van der Waals surface area contributed by atoms with Gasteiger partial charge in [-0.3, -0.25) is 14.8 Å². The van der Waals surface area contributed by atoms with Crippen LogP contribution in [0.1, 0.15) is 47.0 Å². The molecule has 29 heavy (non-hydrogen) atoms. The Balaban J connectivity index is 0.00000300. The van der Waals surface area contributed by atoms with Crippen LogP contribution in [-0.2, 0) is 4.74 Å². The molecule has 0 radical (unpaired) electrons. The lowest BCUT2D eigenvalue weighted by molar-refractivity contribution is 0.0194. The number of morpholine rings is 1. The molecule has 3 fully saturated rings. The number of guanidine groups is 1. The third-order valence-electron chi connectivity index (χ3n) is 6.84. The highest BCUT2D eigenvalue weighted by molar-refractivity contribution is 14.0. The Morgan fingerprint density at radius 3 is 2.38 bits per heavy atom. The lowest BCUT2D eigenvalue weighted by Crippen LogP contribution is -2.48. The van der Waals surface area contributed by atoms with Crippen LogP contribution in [-0.4, -0.2) is 98.3 Å². The van der Waals surface area contributed by atoms with E-state index < -0.39 is 0 Å². The lowest BCUT2D eigenvalue weighted by atomic mass is 9.94. The third kappa shape index (κ3) is 7.21. The molecule has 0 aliphatic carbocycles. The molecule has 0 aromatic carbocycles. The fourth-order valence-electron chi connectivity index (χ4n) is 4.89. The standard InChI is InChI=1S/C22H43N5O.HI/c1-5-23-22(27-11-8-20(17-27)25-12-14-28-15-13-25)24-16-21(18(2)3)26-9-6-19(4)7-10-26;/h18-21H,5-17H2,1-4H3,(H,23,24);1H. The molecule has 0 spiro atoms. The highest BCUT2D eigenvalue weighted by atomic mass is 127. The predicted molar refractivity (Wildman–Crippen MR) is 132 cm³/mol. The van der Waals surface area contributed by atoms with Crippen molar-refractivity contribution in [2.75, 3.05) is 65.6 Å². The van der Waals surface area contributed by atoms with Gasteiger partial charge < -0.3 is 15.0 Å². The quantitative estimate of drug-likeness (QED) is 0.331. The average Bonchev–Trinajstić information content (AvgIpc) is 3.19. The van der Waals surface area contributed by atoms with E-state index in [-0.39, 0.29) is 24.0 Å². The Hall–Kier alpha value is -0.120. The number of piperidine rings is 1. The van der Waals surface area contributed by atoms with Crippen molar-refractivity contribution in [2.45, 2.75) is 59.0 Å². The number of nitrogens with zero attached hydrogens (tertiary/aromatic N) is 4. The maximum absolute atomic E-state index is 5.53. The maximum Gasteiger partial charge on any atom is 0.194 e. The van der Waals surface area contributed by atoms with E-state index in [1.807, 2.05) is 0 Å². The van der Waals surface area contributed by atoms with Crippen LogP contribution in [0.2, 0.25) is 0 Å². The number of halogens is 1. The fourth-order valence-corrected chi connectivity index (χ4v) is 4.89. The third-order valence-corrected chi connectivity index (χ3v) is 6.84. The number of ether oxygens (including phenoxy) is 1. The second kappa shape index (κ2) is 12.7. The maximum atomic E-state index is 5.53. The Morgan fingerprint density at radius 2 is 1.76 bits per heavy atom. The van der Waals surface area contributed by atoms with E-state index in [9.17, 15) is 0 Å². The van der Waals surface area contributed by atoms with Crippen LogP contribution in [0.25, 0.3) is 0 Å². The molecule has 0 aromatic heterocycles. The van der Waals surface area contributed by atoms with Gasteiger partial charge in [0.15, 0.2) is 5.96 Å². The Bertz CT molecular complexity index is 490. The summed E-state index contributed by atoms with van der Waals surface area (Å²) >= 11 is 0. The normalized spacial score (nSPS) is 26.6. The molecule has 3 aliphatic heterocycles. The summed E-state index contributed by atoms with van der Waals surface area (Å²) in [7, 11) is 0. The summed E-state index contributed by atoms with van der Waals surface area (Å²) in [5, 5.41) is 3.57. The molecular weight excluding hydrogens is 477 g/mol. The number of nitrogens with one attached hydrogen (secondary N) is 1. The van der Waals surface area contributed by atoms with Gasteiger partial charge in [-0.1, -0.05) is 20.8 Å². The van der Waals surface area contributed by atoms with Crippen LogP contribution in [0.3, 0.4) is 0 Å². The number of rotatable bonds is 6. The summed E-state index contributed by atoms with van der Waals surface area (Å²) in [6.07, 6.45) is 3.91. The van der Waals surface area contributed by atoms with Gasteiger partial charge in [-0.15, -0.1) is 24.0 Å². The summed E-state index contributed by atoms with van der Waals surface area (Å²) in [5.74, 6) is 2.64. The first-order chi connectivity index (χ1) is 13.6. The fraction of sp³-hybridized carbons (Fsp3) is 0.955. The summed E-state index contributed by atoms with van der Waals surface area (Å²) in [6, 6.07) is 1.20. The van der Waals surface area contributed by atoms with Gasteiger partial charge in [0.05, 0.1) is 19.8 Å². The van der Waals surface area contributed by atoms with Crippen LogP contribution in [0.4, 0.5) is 0 Å². The zero-order valence-corrected chi connectivity index (χ0v) is 21.4. The molecule has 3 aliphatic rings. The number of likely N-dealkylation sites (tertiary alicyclic amines) is 2. The SMILES string of the molecule is CCNC(=NCC(C(C)C)N1CCC(C)CC1)N1CCC(N2CCOCC2)C1.I. The van der Waals surface area contributed by atoms with Gasteiger partial charge in [0.25, 0.3) is 0 Å². The van der Waals surface area contributed by atoms with Crippen molar-refractivity contribution >= 4 is 29.9 Å². The lowest BCUT2D eigenvalue weighted by Gasteiger charge is -2.38. The van der Waals surface area contributed by atoms with E-state index in [0.717, 1.165) is 64.4 Å². The van der Waals surface area contributed by atoms with E-state index in [1.165, 1.54) is 32.4 Å². The van der Waals surface area contributed by atoms with Gasteiger partial charge in [0.2, 0.25) is 0 Å². The molecule has 2 unspecified atom stereocenters. The zero-order chi connectivity index (χ0) is 19.9. The predicted octanol–water partition coefficient (Wildman–Crippen LogP) is 2.73. The summed E-state index contributed by atoms with van der Waals surface area (Å²) in [6.45, 7) is 19.7. The highest BCUT2D eigenvalue weighted by Gasteiger charge is 2.31. The summed E-state index contributed by atoms with van der Waals surface area (Å²) < 4.78 is 5.53. The minimum Gasteiger partial charge on any atom is -0.379 e. The molecule has 7 heteroatoms. The first-order valence-corrected chi connectivity index (χ1v) is 11.7. The van der Waals surface area contributed by atoms with Crippen molar-refractivity contribution in [3.05, 3.63) is 0 Å². The topological polar surface area (TPSA) is 43.3 Å². The molecule has 6 nitrogen and oxygen atoms in total. The van der Waals surface area contributed by atoms with Gasteiger partial charge >= 0.3 is 0 Å².